The van der Waals surface area contributed by atoms with Gasteiger partial charge >= 0.3 is 0 Å². The molecular formula is C24H26N4O5. The Kier molecular flexibility index (Phi) is 6.39. The number of anilines is 2. The molecule has 1 heterocycles. The van der Waals surface area contributed by atoms with E-state index < -0.39 is 10.8 Å². The minimum absolute atomic E-state index is 0.110. The normalized spacial score (nSPS) is 19.8. The topological polar surface area (TPSA) is 122 Å². The van der Waals surface area contributed by atoms with E-state index >= 15 is 0 Å². The van der Waals surface area contributed by atoms with E-state index in [0.29, 0.717) is 11.4 Å². The first-order valence-electron chi connectivity index (χ1n) is 11.1. The second kappa shape index (κ2) is 9.40. The van der Waals surface area contributed by atoms with Crippen molar-refractivity contribution in [2.45, 2.75) is 32.6 Å². The summed E-state index contributed by atoms with van der Waals surface area (Å²) in [6.45, 7) is 2.31. The van der Waals surface area contributed by atoms with Crippen molar-refractivity contribution >= 4 is 34.8 Å². The Morgan fingerprint density at radius 1 is 1.09 bits per heavy atom. The number of nitro groups is 1. The second-order valence-corrected chi connectivity index (χ2v) is 8.56. The Morgan fingerprint density at radius 3 is 2.42 bits per heavy atom. The molecule has 2 aromatic carbocycles. The maximum Gasteiger partial charge on any atom is 0.270 e. The number of non-ortho nitro benzene ring substituents is 1. The van der Waals surface area contributed by atoms with E-state index in [0.717, 1.165) is 31.2 Å². The first-order chi connectivity index (χ1) is 15.8. The lowest BCUT2D eigenvalue weighted by molar-refractivity contribution is -0.384. The number of nitrogens with zero attached hydrogens (tertiary/aromatic N) is 2. The molecule has 2 atom stereocenters. The summed E-state index contributed by atoms with van der Waals surface area (Å²) in [6, 6.07) is 11.2. The van der Waals surface area contributed by atoms with Gasteiger partial charge in [0, 0.05) is 36.6 Å². The molecule has 0 unspecified atom stereocenters. The van der Waals surface area contributed by atoms with Crippen molar-refractivity contribution in [1.29, 1.82) is 0 Å². The van der Waals surface area contributed by atoms with Crippen LogP contribution in [-0.2, 0) is 9.59 Å². The Balaban J connectivity index is 1.48. The Labute approximate surface area is 191 Å². The summed E-state index contributed by atoms with van der Waals surface area (Å²) in [6.07, 6.45) is 3.44. The maximum absolute atomic E-state index is 12.9. The molecule has 0 aromatic heterocycles. The van der Waals surface area contributed by atoms with Gasteiger partial charge in [-0.2, -0.15) is 0 Å². The first kappa shape index (κ1) is 22.4. The Bertz CT molecular complexity index is 1090. The lowest BCUT2D eigenvalue weighted by Gasteiger charge is -2.19. The molecule has 1 aliphatic carbocycles. The van der Waals surface area contributed by atoms with Crippen LogP contribution in [0.25, 0.3) is 0 Å². The summed E-state index contributed by atoms with van der Waals surface area (Å²) in [5.41, 5.74) is 1.84. The largest absolute Gasteiger partial charge is 0.383 e. The van der Waals surface area contributed by atoms with Crippen molar-refractivity contribution in [1.82, 2.24) is 4.90 Å². The fourth-order valence-electron chi connectivity index (χ4n) is 4.66. The molecule has 33 heavy (non-hydrogen) atoms. The molecule has 4 rings (SSSR count). The SMILES string of the molecule is Cc1cccc(NC(=O)c2cc([N+](=O)[O-])ccc2NCCN2C(=O)[C@H]3CCCC[C@H]3C2=O)c1. The Hall–Kier alpha value is -3.75. The van der Waals surface area contributed by atoms with Crippen LogP contribution in [0.5, 0.6) is 0 Å². The molecule has 2 fully saturated rings. The molecule has 3 amide bonds. The minimum Gasteiger partial charge on any atom is -0.383 e. The summed E-state index contributed by atoms with van der Waals surface area (Å²) < 4.78 is 0. The van der Waals surface area contributed by atoms with E-state index in [1.807, 2.05) is 13.0 Å². The second-order valence-electron chi connectivity index (χ2n) is 8.56. The summed E-state index contributed by atoms with van der Waals surface area (Å²) in [7, 11) is 0. The van der Waals surface area contributed by atoms with Gasteiger partial charge in [0.1, 0.15) is 0 Å². The van der Waals surface area contributed by atoms with Gasteiger partial charge in [-0.05, 0) is 43.5 Å². The van der Waals surface area contributed by atoms with Crippen molar-refractivity contribution < 1.29 is 19.3 Å². The van der Waals surface area contributed by atoms with E-state index in [2.05, 4.69) is 10.6 Å². The predicted octanol–water partition coefficient (Wildman–Crippen LogP) is 3.74. The van der Waals surface area contributed by atoms with Gasteiger partial charge < -0.3 is 10.6 Å². The lowest BCUT2D eigenvalue weighted by Crippen LogP contribution is -2.35. The van der Waals surface area contributed by atoms with Crippen LogP contribution in [0.1, 0.15) is 41.6 Å². The van der Waals surface area contributed by atoms with E-state index in [-0.39, 0.29) is 48.0 Å². The molecule has 2 N–H and O–H groups in total. The fourth-order valence-corrected chi connectivity index (χ4v) is 4.66. The van der Waals surface area contributed by atoms with Gasteiger partial charge in [-0.25, -0.2) is 0 Å². The predicted molar refractivity (Wildman–Crippen MR) is 123 cm³/mol. The minimum atomic E-state index is -0.559. The number of carbonyl (C=O) groups is 3. The van der Waals surface area contributed by atoms with Gasteiger partial charge in [0.05, 0.1) is 22.3 Å². The van der Waals surface area contributed by atoms with E-state index in [1.54, 1.807) is 18.2 Å². The summed E-state index contributed by atoms with van der Waals surface area (Å²) >= 11 is 0. The number of benzene rings is 2. The number of hydrogen-bond donors (Lipinski definition) is 2. The van der Waals surface area contributed by atoms with Crippen LogP contribution < -0.4 is 10.6 Å². The van der Waals surface area contributed by atoms with Crippen LogP contribution in [0.2, 0.25) is 0 Å². The summed E-state index contributed by atoms with van der Waals surface area (Å²) in [4.78, 5) is 50.2. The summed E-state index contributed by atoms with van der Waals surface area (Å²) in [5.74, 6) is -1.14. The number of hydrogen-bond acceptors (Lipinski definition) is 6. The third-order valence-corrected chi connectivity index (χ3v) is 6.32. The highest BCUT2D eigenvalue weighted by molar-refractivity contribution is 6.08. The van der Waals surface area contributed by atoms with E-state index in [1.165, 1.54) is 23.1 Å². The number of carbonyl (C=O) groups excluding carboxylic acids is 3. The highest BCUT2D eigenvalue weighted by Crippen LogP contribution is 2.37. The van der Waals surface area contributed by atoms with Gasteiger partial charge in [-0.3, -0.25) is 29.4 Å². The number of likely N-dealkylation sites (tertiary alicyclic amines) is 1. The van der Waals surface area contributed by atoms with Gasteiger partial charge in [0.25, 0.3) is 11.6 Å². The standard InChI is InChI=1S/C24H26N4O5/c1-15-5-4-6-16(13-15)26-22(29)20-14-17(28(32)33)9-10-21(20)25-11-12-27-23(30)18-7-2-3-8-19(18)24(27)31/h4-6,9-10,13-14,18-19,25H,2-3,7-8,11-12H2,1H3,(H,26,29)/t18-,19+. The van der Waals surface area contributed by atoms with Crippen molar-refractivity contribution in [2.75, 3.05) is 23.7 Å². The number of nitrogens with one attached hydrogen (secondary N) is 2. The molecule has 1 saturated carbocycles. The van der Waals surface area contributed by atoms with Crippen molar-refractivity contribution in [2.24, 2.45) is 11.8 Å². The van der Waals surface area contributed by atoms with E-state index in [9.17, 15) is 24.5 Å². The highest BCUT2D eigenvalue weighted by atomic mass is 16.6. The highest BCUT2D eigenvalue weighted by Gasteiger charge is 2.47. The third-order valence-electron chi connectivity index (χ3n) is 6.32. The van der Waals surface area contributed by atoms with Crippen LogP contribution >= 0.6 is 0 Å². The zero-order valence-corrected chi connectivity index (χ0v) is 18.4. The average molecular weight is 450 g/mol. The molecule has 2 aliphatic rings. The maximum atomic E-state index is 12.9. The smallest absolute Gasteiger partial charge is 0.270 e. The average Bonchev–Trinajstić information content (AvgIpc) is 3.04. The van der Waals surface area contributed by atoms with Crippen molar-refractivity contribution in [3.63, 3.8) is 0 Å². The number of aryl methyl sites for hydroxylation is 1. The van der Waals surface area contributed by atoms with Gasteiger partial charge in [0.15, 0.2) is 0 Å². The molecule has 2 aromatic rings. The molecule has 1 aliphatic heterocycles. The van der Waals surface area contributed by atoms with Crippen molar-refractivity contribution in [3.05, 3.63) is 63.7 Å². The first-order valence-corrected chi connectivity index (χ1v) is 11.1. The molecule has 172 valence electrons. The van der Waals surface area contributed by atoms with E-state index in [4.69, 9.17) is 0 Å². The quantitative estimate of drug-likeness (QED) is 0.376. The lowest BCUT2D eigenvalue weighted by atomic mass is 9.81. The van der Waals surface area contributed by atoms with Crippen LogP contribution in [0.3, 0.4) is 0 Å². The summed E-state index contributed by atoms with van der Waals surface area (Å²) in [5, 5.41) is 17.1. The van der Waals surface area contributed by atoms with Crippen molar-refractivity contribution in [3.8, 4) is 0 Å². The zero-order valence-electron chi connectivity index (χ0n) is 18.4. The van der Waals surface area contributed by atoms with Crippen LogP contribution in [0.4, 0.5) is 17.1 Å². The molecular weight excluding hydrogens is 424 g/mol. The number of fused-ring (bicyclic) bond motifs is 1. The fraction of sp³-hybridized carbons (Fsp3) is 0.375. The number of nitro benzene ring substituents is 1. The van der Waals surface area contributed by atoms with Gasteiger partial charge in [-0.15, -0.1) is 0 Å². The van der Waals surface area contributed by atoms with Crippen LogP contribution in [-0.4, -0.2) is 40.6 Å². The molecule has 0 radical (unpaired) electrons. The molecule has 1 saturated heterocycles. The molecule has 0 spiro atoms. The van der Waals surface area contributed by atoms with Crippen LogP contribution in [0, 0.1) is 28.9 Å². The van der Waals surface area contributed by atoms with Crippen LogP contribution in [0.15, 0.2) is 42.5 Å². The number of rotatable bonds is 7. The number of imide groups is 1. The molecule has 0 bridgehead atoms. The monoisotopic (exact) mass is 450 g/mol. The molecule has 9 heteroatoms. The third kappa shape index (κ3) is 4.72. The van der Waals surface area contributed by atoms with Gasteiger partial charge in [-0.1, -0.05) is 25.0 Å². The Morgan fingerprint density at radius 2 is 1.79 bits per heavy atom. The zero-order chi connectivity index (χ0) is 23.5. The molecule has 9 nitrogen and oxygen atoms in total. The number of amides is 3. The van der Waals surface area contributed by atoms with Gasteiger partial charge in [0.2, 0.25) is 11.8 Å².